The summed E-state index contributed by atoms with van der Waals surface area (Å²) in [7, 11) is 3.17. The molecule has 0 fully saturated rings. The van der Waals surface area contributed by atoms with E-state index < -0.39 is 12.2 Å². The van der Waals surface area contributed by atoms with Crippen LogP contribution in [0.4, 0.5) is 0 Å². The van der Waals surface area contributed by atoms with Gasteiger partial charge in [-0.2, -0.15) is 0 Å². The Balaban J connectivity index is 3.07. The van der Waals surface area contributed by atoms with Crippen LogP contribution in [0.1, 0.15) is 26.7 Å². The maximum Gasteiger partial charge on any atom is 0.124 e. The van der Waals surface area contributed by atoms with E-state index in [0.717, 1.165) is 11.1 Å². The van der Waals surface area contributed by atoms with Crippen LogP contribution in [0.3, 0.4) is 0 Å². The van der Waals surface area contributed by atoms with Crippen molar-refractivity contribution in [2.24, 2.45) is 0 Å². The number of allylic oxidation sites excluding steroid dienone is 2. The van der Waals surface area contributed by atoms with Crippen molar-refractivity contribution in [3.8, 4) is 0 Å². The molecule has 1 aliphatic rings. The SMILES string of the molecule is CCC(=C(C=C(C)OC)OC)C(O)C1=CCC(O)C=C1. The molecule has 0 heterocycles. The molecule has 4 heteroatoms. The molecule has 1 rings (SSSR count). The first-order chi connectivity index (χ1) is 9.53. The van der Waals surface area contributed by atoms with Gasteiger partial charge in [0.1, 0.15) is 11.9 Å². The first-order valence-corrected chi connectivity index (χ1v) is 6.77. The Bertz CT molecular complexity index is 443. The highest BCUT2D eigenvalue weighted by Gasteiger charge is 2.19. The normalized spacial score (nSPS) is 22.0. The average Bonchev–Trinajstić information content (AvgIpc) is 2.47. The number of methoxy groups -OCH3 is 2. The van der Waals surface area contributed by atoms with E-state index in [0.29, 0.717) is 24.4 Å². The summed E-state index contributed by atoms with van der Waals surface area (Å²) in [6, 6.07) is 0. The second kappa shape index (κ2) is 7.92. The van der Waals surface area contributed by atoms with E-state index >= 15 is 0 Å². The van der Waals surface area contributed by atoms with E-state index in [1.165, 1.54) is 0 Å². The van der Waals surface area contributed by atoms with E-state index in [2.05, 4.69) is 0 Å². The maximum atomic E-state index is 10.5. The standard InChI is InChI=1S/C16H24O4/c1-5-14(15(20-4)10-11(2)19-3)16(18)12-6-8-13(17)9-7-12/h6-8,10,13,16-18H,5,9H2,1-4H3. The van der Waals surface area contributed by atoms with Crippen LogP contribution in [-0.2, 0) is 9.47 Å². The molecule has 2 atom stereocenters. The zero-order chi connectivity index (χ0) is 15.1. The summed E-state index contributed by atoms with van der Waals surface area (Å²) in [5, 5.41) is 19.9. The number of aliphatic hydroxyl groups excluding tert-OH is 2. The van der Waals surface area contributed by atoms with Crippen molar-refractivity contribution < 1.29 is 19.7 Å². The van der Waals surface area contributed by atoms with E-state index in [4.69, 9.17) is 9.47 Å². The van der Waals surface area contributed by atoms with Crippen LogP contribution >= 0.6 is 0 Å². The molecule has 0 aromatic rings. The van der Waals surface area contributed by atoms with E-state index in [9.17, 15) is 10.2 Å². The minimum Gasteiger partial charge on any atom is -0.501 e. The third-order valence-corrected chi connectivity index (χ3v) is 3.33. The highest BCUT2D eigenvalue weighted by molar-refractivity contribution is 5.37. The lowest BCUT2D eigenvalue weighted by atomic mass is 9.93. The van der Waals surface area contributed by atoms with Gasteiger partial charge in [0.2, 0.25) is 0 Å². The van der Waals surface area contributed by atoms with Crippen molar-refractivity contribution in [1.82, 2.24) is 0 Å². The van der Waals surface area contributed by atoms with Gasteiger partial charge in [-0.25, -0.2) is 0 Å². The van der Waals surface area contributed by atoms with Crippen molar-refractivity contribution in [2.75, 3.05) is 14.2 Å². The lowest BCUT2D eigenvalue weighted by molar-refractivity contribution is 0.213. The summed E-state index contributed by atoms with van der Waals surface area (Å²) in [5.74, 6) is 1.32. The molecular formula is C16H24O4. The van der Waals surface area contributed by atoms with Crippen LogP contribution in [0.15, 0.2) is 47.0 Å². The van der Waals surface area contributed by atoms with Crippen molar-refractivity contribution in [1.29, 1.82) is 0 Å². The molecule has 0 bridgehead atoms. The first-order valence-electron chi connectivity index (χ1n) is 6.77. The van der Waals surface area contributed by atoms with Crippen molar-refractivity contribution >= 4 is 0 Å². The van der Waals surface area contributed by atoms with Crippen molar-refractivity contribution in [3.05, 3.63) is 47.0 Å². The summed E-state index contributed by atoms with van der Waals surface area (Å²) < 4.78 is 10.5. The van der Waals surface area contributed by atoms with Gasteiger partial charge in [-0.15, -0.1) is 0 Å². The van der Waals surface area contributed by atoms with Gasteiger partial charge in [-0.1, -0.05) is 25.2 Å². The monoisotopic (exact) mass is 280 g/mol. The Kier molecular flexibility index (Phi) is 6.55. The van der Waals surface area contributed by atoms with Crippen LogP contribution in [0, 0.1) is 0 Å². The highest BCUT2D eigenvalue weighted by atomic mass is 16.5. The lowest BCUT2D eigenvalue weighted by Gasteiger charge is -2.21. The predicted molar refractivity (Wildman–Crippen MR) is 78.9 cm³/mol. The zero-order valence-electron chi connectivity index (χ0n) is 12.6. The van der Waals surface area contributed by atoms with Crippen LogP contribution in [0.25, 0.3) is 0 Å². The molecule has 2 unspecified atom stereocenters. The summed E-state index contributed by atoms with van der Waals surface area (Å²) >= 11 is 0. The molecule has 2 N–H and O–H groups in total. The molecule has 0 aromatic carbocycles. The summed E-state index contributed by atoms with van der Waals surface area (Å²) in [4.78, 5) is 0. The summed E-state index contributed by atoms with van der Waals surface area (Å²) in [6.45, 7) is 3.80. The third kappa shape index (κ3) is 4.25. The molecule has 0 saturated heterocycles. The van der Waals surface area contributed by atoms with Crippen LogP contribution in [0.5, 0.6) is 0 Å². The molecule has 0 saturated carbocycles. The fraction of sp³-hybridized carbons (Fsp3) is 0.500. The third-order valence-electron chi connectivity index (χ3n) is 3.33. The van der Waals surface area contributed by atoms with Gasteiger partial charge < -0.3 is 19.7 Å². The molecule has 0 aromatic heterocycles. The van der Waals surface area contributed by atoms with Crippen LogP contribution in [-0.4, -0.2) is 36.6 Å². The molecule has 1 aliphatic carbocycles. The molecule has 4 nitrogen and oxygen atoms in total. The molecule has 0 aliphatic heterocycles. The summed E-state index contributed by atoms with van der Waals surface area (Å²) in [5.41, 5.74) is 1.57. The van der Waals surface area contributed by atoms with Gasteiger partial charge >= 0.3 is 0 Å². The quantitative estimate of drug-likeness (QED) is 0.579. The largest absolute Gasteiger partial charge is 0.501 e. The van der Waals surface area contributed by atoms with Gasteiger partial charge in [-0.3, -0.25) is 0 Å². The second-order valence-electron chi connectivity index (χ2n) is 4.68. The van der Waals surface area contributed by atoms with Crippen molar-refractivity contribution in [3.63, 3.8) is 0 Å². The first kappa shape index (κ1) is 16.5. The van der Waals surface area contributed by atoms with Crippen LogP contribution in [0.2, 0.25) is 0 Å². The van der Waals surface area contributed by atoms with Gasteiger partial charge in [0.25, 0.3) is 0 Å². The maximum absolute atomic E-state index is 10.5. The second-order valence-corrected chi connectivity index (χ2v) is 4.68. The Morgan fingerprint density at radius 3 is 2.60 bits per heavy atom. The molecule has 0 amide bonds. The number of ether oxygens (including phenoxy) is 2. The zero-order valence-corrected chi connectivity index (χ0v) is 12.6. The Labute approximate surface area is 120 Å². The highest BCUT2D eigenvalue weighted by Crippen LogP contribution is 2.25. The van der Waals surface area contributed by atoms with E-state index in [1.54, 1.807) is 32.4 Å². The minimum atomic E-state index is -0.736. The molecule has 20 heavy (non-hydrogen) atoms. The molecule has 0 spiro atoms. The fourth-order valence-electron chi connectivity index (χ4n) is 2.06. The van der Waals surface area contributed by atoms with Gasteiger partial charge in [0.15, 0.2) is 0 Å². The topological polar surface area (TPSA) is 58.9 Å². The van der Waals surface area contributed by atoms with Crippen LogP contribution < -0.4 is 0 Å². The number of aliphatic hydroxyl groups is 2. The summed E-state index contributed by atoms with van der Waals surface area (Å²) in [6.07, 6.45) is 7.05. The van der Waals surface area contributed by atoms with E-state index in [1.807, 2.05) is 19.9 Å². The van der Waals surface area contributed by atoms with Gasteiger partial charge in [-0.05, 0) is 25.3 Å². The lowest BCUT2D eigenvalue weighted by Crippen LogP contribution is -2.18. The molecule has 0 radical (unpaired) electrons. The fourth-order valence-corrected chi connectivity index (χ4v) is 2.06. The Hall–Kier alpha value is -1.52. The van der Waals surface area contributed by atoms with E-state index in [-0.39, 0.29) is 0 Å². The Morgan fingerprint density at radius 1 is 1.45 bits per heavy atom. The number of hydrogen-bond donors (Lipinski definition) is 2. The predicted octanol–water partition coefficient (Wildman–Crippen LogP) is 2.46. The number of hydrogen-bond acceptors (Lipinski definition) is 4. The number of rotatable bonds is 6. The smallest absolute Gasteiger partial charge is 0.124 e. The molecule has 112 valence electrons. The minimum absolute atomic E-state index is 0.461. The Morgan fingerprint density at radius 2 is 2.15 bits per heavy atom. The van der Waals surface area contributed by atoms with Crippen molar-refractivity contribution in [2.45, 2.75) is 38.9 Å². The van der Waals surface area contributed by atoms with Gasteiger partial charge in [0.05, 0.1) is 26.1 Å². The van der Waals surface area contributed by atoms with Gasteiger partial charge in [0, 0.05) is 11.6 Å². The average molecular weight is 280 g/mol. The molecular weight excluding hydrogens is 256 g/mol.